The molecule has 0 radical (unpaired) electrons. The van der Waals surface area contributed by atoms with Crippen LogP contribution < -0.4 is 15.4 Å². The fourth-order valence-corrected chi connectivity index (χ4v) is 3.39. The Labute approximate surface area is 198 Å². The molecule has 0 saturated carbocycles. The summed E-state index contributed by atoms with van der Waals surface area (Å²) in [7, 11) is 0. The molecule has 4 rings (SSSR count). The number of nitrogens with one attached hydrogen (secondary N) is 2. The van der Waals surface area contributed by atoms with Gasteiger partial charge in [0.25, 0.3) is 5.91 Å². The zero-order valence-electron chi connectivity index (χ0n) is 18.7. The predicted molar refractivity (Wildman–Crippen MR) is 135 cm³/mol. The molecule has 0 aliphatic rings. The first-order valence-electron chi connectivity index (χ1n) is 10.7. The summed E-state index contributed by atoms with van der Waals surface area (Å²) in [4.78, 5) is 17.1. The van der Waals surface area contributed by atoms with E-state index in [1.807, 2.05) is 55.5 Å². The molecule has 4 aromatic rings. The van der Waals surface area contributed by atoms with Gasteiger partial charge in [0, 0.05) is 16.8 Å². The van der Waals surface area contributed by atoms with Crippen LogP contribution in [0.2, 0.25) is 0 Å². The van der Waals surface area contributed by atoms with Crippen LogP contribution in [0.3, 0.4) is 0 Å². The Morgan fingerprint density at radius 1 is 1.09 bits per heavy atom. The van der Waals surface area contributed by atoms with Gasteiger partial charge in [0.05, 0.1) is 6.61 Å². The molecular formula is C26H25N3O3S. The highest BCUT2D eigenvalue weighted by Gasteiger charge is 2.11. The summed E-state index contributed by atoms with van der Waals surface area (Å²) < 4.78 is 11.6. The van der Waals surface area contributed by atoms with E-state index in [0.29, 0.717) is 29.7 Å². The van der Waals surface area contributed by atoms with Gasteiger partial charge in [-0.1, -0.05) is 26.0 Å². The highest BCUT2D eigenvalue weighted by Crippen LogP contribution is 2.26. The first-order chi connectivity index (χ1) is 15.9. The van der Waals surface area contributed by atoms with Crippen LogP contribution in [0.25, 0.3) is 22.6 Å². The molecular weight excluding hydrogens is 434 g/mol. The Bertz CT molecular complexity index is 1300. The molecule has 33 heavy (non-hydrogen) atoms. The molecule has 0 fully saturated rings. The molecule has 2 N–H and O–H groups in total. The van der Waals surface area contributed by atoms with E-state index in [1.165, 1.54) is 0 Å². The van der Waals surface area contributed by atoms with Crippen LogP contribution in [0.5, 0.6) is 5.75 Å². The molecule has 6 nitrogen and oxygen atoms in total. The quantitative estimate of drug-likeness (QED) is 0.346. The first kappa shape index (κ1) is 22.5. The van der Waals surface area contributed by atoms with Crippen molar-refractivity contribution in [3.05, 3.63) is 77.9 Å². The average molecular weight is 460 g/mol. The van der Waals surface area contributed by atoms with Gasteiger partial charge in [0.1, 0.15) is 11.3 Å². The molecule has 0 atom stereocenters. The molecule has 0 aliphatic carbocycles. The summed E-state index contributed by atoms with van der Waals surface area (Å²) in [6.07, 6.45) is 0. The van der Waals surface area contributed by atoms with Crippen molar-refractivity contribution < 1.29 is 13.9 Å². The van der Waals surface area contributed by atoms with Crippen LogP contribution in [-0.4, -0.2) is 22.6 Å². The summed E-state index contributed by atoms with van der Waals surface area (Å²) in [5, 5.41) is 5.94. The second-order valence-electron chi connectivity index (χ2n) is 8.21. The molecule has 0 spiro atoms. The number of rotatable bonds is 6. The summed E-state index contributed by atoms with van der Waals surface area (Å²) >= 11 is 5.31. The number of aromatic nitrogens is 1. The van der Waals surface area contributed by atoms with Crippen LogP contribution in [0.1, 0.15) is 29.8 Å². The number of nitrogens with zero attached hydrogens (tertiary/aromatic N) is 1. The number of carbonyl (C=O) groups excluding carboxylic acids is 1. The molecule has 1 amide bonds. The lowest BCUT2D eigenvalue weighted by molar-refractivity contribution is 0.0977. The van der Waals surface area contributed by atoms with E-state index < -0.39 is 0 Å². The molecule has 7 heteroatoms. The fraction of sp³-hybridized carbons (Fsp3) is 0.192. The summed E-state index contributed by atoms with van der Waals surface area (Å²) in [5.41, 5.74) is 4.76. The lowest BCUT2D eigenvalue weighted by atomic mass is 10.2. The summed E-state index contributed by atoms with van der Waals surface area (Å²) in [6.45, 7) is 6.74. The Balaban J connectivity index is 1.37. The van der Waals surface area contributed by atoms with Gasteiger partial charge in [0.2, 0.25) is 5.89 Å². The largest absolute Gasteiger partial charge is 0.493 e. The van der Waals surface area contributed by atoms with Crippen LogP contribution in [0.15, 0.2) is 71.1 Å². The fourth-order valence-electron chi connectivity index (χ4n) is 3.18. The lowest BCUT2D eigenvalue weighted by Crippen LogP contribution is -2.34. The number of thiocarbonyl (C=S) groups is 1. The summed E-state index contributed by atoms with van der Waals surface area (Å²) in [5.74, 6) is 1.30. The van der Waals surface area contributed by atoms with Gasteiger partial charge in [-0.3, -0.25) is 10.1 Å². The molecule has 1 aromatic heterocycles. The van der Waals surface area contributed by atoms with Crippen molar-refractivity contribution in [1.29, 1.82) is 0 Å². The average Bonchev–Trinajstić information content (AvgIpc) is 3.21. The van der Waals surface area contributed by atoms with E-state index in [0.717, 1.165) is 27.9 Å². The van der Waals surface area contributed by atoms with Crippen molar-refractivity contribution in [2.24, 2.45) is 5.92 Å². The normalized spacial score (nSPS) is 10.9. The third-order valence-corrected chi connectivity index (χ3v) is 5.04. The third kappa shape index (κ3) is 5.75. The second-order valence-corrected chi connectivity index (χ2v) is 8.62. The van der Waals surface area contributed by atoms with E-state index in [2.05, 4.69) is 29.5 Å². The van der Waals surface area contributed by atoms with Gasteiger partial charge in [0.15, 0.2) is 10.7 Å². The Morgan fingerprint density at radius 2 is 1.88 bits per heavy atom. The van der Waals surface area contributed by atoms with Gasteiger partial charge in [-0.25, -0.2) is 4.98 Å². The first-order valence-corrected chi connectivity index (χ1v) is 11.1. The molecule has 168 valence electrons. The van der Waals surface area contributed by atoms with E-state index in [4.69, 9.17) is 21.4 Å². The van der Waals surface area contributed by atoms with Crippen molar-refractivity contribution in [3.8, 4) is 17.2 Å². The van der Waals surface area contributed by atoms with Crippen LogP contribution in [0, 0.1) is 12.8 Å². The monoisotopic (exact) mass is 459 g/mol. The molecule has 0 bridgehead atoms. The topological polar surface area (TPSA) is 76.4 Å². The lowest BCUT2D eigenvalue weighted by Gasteiger charge is -2.12. The third-order valence-electron chi connectivity index (χ3n) is 4.84. The Morgan fingerprint density at radius 3 is 2.64 bits per heavy atom. The second kappa shape index (κ2) is 9.83. The zero-order chi connectivity index (χ0) is 23.4. The maximum absolute atomic E-state index is 12.6. The van der Waals surface area contributed by atoms with Gasteiger partial charge >= 0.3 is 0 Å². The molecule has 0 saturated heterocycles. The van der Waals surface area contributed by atoms with Gasteiger partial charge in [-0.15, -0.1) is 0 Å². The minimum Gasteiger partial charge on any atom is -0.493 e. The van der Waals surface area contributed by atoms with E-state index in [9.17, 15) is 4.79 Å². The Hall–Kier alpha value is -3.71. The molecule has 0 aliphatic heterocycles. The number of fused-ring (bicyclic) bond motifs is 1. The van der Waals surface area contributed by atoms with Crippen molar-refractivity contribution in [1.82, 2.24) is 10.3 Å². The van der Waals surface area contributed by atoms with Gasteiger partial charge in [-0.05, 0) is 85.2 Å². The number of benzene rings is 3. The number of ether oxygens (including phenoxy) is 1. The van der Waals surface area contributed by atoms with Crippen LogP contribution in [-0.2, 0) is 0 Å². The smallest absolute Gasteiger partial charge is 0.257 e. The summed E-state index contributed by atoms with van der Waals surface area (Å²) in [6, 6.07) is 20.4. The van der Waals surface area contributed by atoms with Gasteiger partial charge < -0.3 is 14.5 Å². The number of oxazole rings is 1. The van der Waals surface area contributed by atoms with Crippen LogP contribution >= 0.6 is 12.2 Å². The number of hydrogen-bond acceptors (Lipinski definition) is 5. The zero-order valence-corrected chi connectivity index (χ0v) is 19.5. The van der Waals surface area contributed by atoms with Crippen molar-refractivity contribution in [2.45, 2.75) is 20.8 Å². The Kier molecular flexibility index (Phi) is 6.70. The maximum atomic E-state index is 12.6. The van der Waals surface area contributed by atoms with E-state index in [-0.39, 0.29) is 11.0 Å². The van der Waals surface area contributed by atoms with E-state index in [1.54, 1.807) is 18.2 Å². The van der Waals surface area contributed by atoms with E-state index >= 15 is 0 Å². The number of aryl methyl sites for hydroxylation is 1. The number of carbonyl (C=O) groups is 1. The SMILES string of the molecule is Cc1ccc2nc(-c3ccc(NC(=S)NC(=O)c4cccc(OCC(C)C)c4)cc3)oc2c1. The highest BCUT2D eigenvalue weighted by atomic mass is 32.1. The standard InChI is InChI=1S/C26H25N3O3S/c1-16(2)15-31-21-6-4-5-19(14-21)24(30)29-26(33)27-20-10-8-18(9-11-20)25-28-22-12-7-17(3)13-23(22)32-25/h4-14,16H,15H2,1-3H3,(H2,27,29,30,33). The predicted octanol–water partition coefficient (Wildman–Crippen LogP) is 5.96. The van der Waals surface area contributed by atoms with Crippen molar-refractivity contribution in [2.75, 3.05) is 11.9 Å². The van der Waals surface area contributed by atoms with Crippen LogP contribution in [0.4, 0.5) is 5.69 Å². The van der Waals surface area contributed by atoms with Crippen molar-refractivity contribution in [3.63, 3.8) is 0 Å². The molecule has 1 heterocycles. The van der Waals surface area contributed by atoms with Gasteiger partial charge in [-0.2, -0.15) is 0 Å². The highest BCUT2D eigenvalue weighted by molar-refractivity contribution is 7.80. The number of hydrogen-bond donors (Lipinski definition) is 2. The minimum atomic E-state index is -0.305. The minimum absolute atomic E-state index is 0.207. The van der Waals surface area contributed by atoms with Crippen molar-refractivity contribution >= 4 is 40.0 Å². The number of amides is 1. The number of anilines is 1. The molecule has 3 aromatic carbocycles. The molecule has 0 unspecified atom stereocenters. The maximum Gasteiger partial charge on any atom is 0.257 e.